The molecule has 0 radical (unpaired) electrons. The van der Waals surface area contributed by atoms with Crippen LogP contribution in [-0.2, 0) is 0 Å². The second kappa shape index (κ2) is 7.11. The van der Waals surface area contributed by atoms with Gasteiger partial charge < -0.3 is 14.5 Å². The highest BCUT2D eigenvalue weighted by atomic mass is 16.6. The Morgan fingerprint density at radius 3 is 2.92 bits per heavy atom. The zero-order valence-electron chi connectivity index (χ0n) is 14.2. The number of hydrogen-bond donors (Lipinski definition) is 1. The first kappa shape index (κ1) is 17.2. The molecule has 2 aromatic heterocycles. The van der Waals surface area contributed by atoms with Crippen LogP contribution in [0, 0.1) is 21.4 Å². The first-order chi connectivity index (χ1) is 12.5. The van der Waals surface area contributed by atoms with E-state index in [1.807, 2.05) is 38.1 Å². The Labute approximate surface area is 149 Å². The van der Waals surface area contributed by atoms with Gasteiger partial charge in [-0.2, -0.15) is 5.26 Å². The van der Waals surface area contributed by atoms with Crippen LogP contribution < -0.4 is 10.1 Å². The van der Waals surface area contributed by atoms with E-state index < -0.39 is 4.92 Å². The van der Waals surface area contributed by atoms with E-state index in [1.165, 1.54) is 12.1 Å². The van der Waals surface area contributed by atoms with Crippen molar-refractivity contribution < 1.29 is 14.1 Å². The van der Waals surface area contributed by atoms with Gasteiger partial charge in [-0.1, -0.05) is 12.1 Å². The predicted octanol–water partition coefficient (Wildman–Crippen LogP) is 4.18. The van der Waals surface area contributed by atoms with Gasteiger partial charge in [0.25, 0.3) is 0 Å². The molecule has 3 rings (SSSR count). The number of benzene rings is 1. The fraction of sp³-hybridized carbons (Fsp3) is 0.222. The molecular formula is C18H16N4O4. The topological polar surface area (TPSA) is 114 Å². The van der Waals surface area contributed by atoms with Gasteiger partial charge >= 0.3 is 5.69 Å². The monoisotopic (exact) mass is 352 g/mol. The van der Waals surface area contributed by atoms with E-state index in [0.717, 1.165) is 5.39 Å². The van der Waals surface area contributed by atoms with Crippen molar-refractivity contribution in [2.75, 3.05) is 11.9 Å². The molecule has 0 aliphatic carbocycles. The Kier molecular flexibility index (Phi) is 4.71. The number of aromatic nitrogens is 1. The average molecular weight is 352 g/mol. The molecule has 0 saturated heterocycles. The van der Waals surface area contributed by atoms with E-state index in [2.05, 4.69) is 10.3 Å². The molecule has 1 atom stereocenters. The van der Waals surface area contributed by atoms with Crippen LogP contribution in [0.5, 0.6) is 5.75 Å². The molecule has 0 fully saturated rings. The van der Waals surface area contributed by atoms with Gasteiger partial charge in [0.05, 0.1) is 17.6 Å². The number of pyridine rings is 1. The highest BCUT2D eigenvalue weighted by Crippen LogP contribution is 2.32. The third kappa shape index (κ3) is 3.28. The van der Waals surface area contributed by atoms with Crippen LogP contribution in [-0.4, -0.2) is 16.5 Å². The fourth-order valence-electron chi connectivity index (χ4n) is 2.59. The Balaban J connectivity index is 1.87. The number of anilines is 1. The number of para-hydroxylation sites is 1. The Hall–Kier alpha value is -3.60. The summed E-state index contributed by atoms with van der Waals surface area (Å²) in [7, 11) is 0. The van der Waals surface area contributed by atoms with Crippen LogP contribution in [0.1, 0.15) is 31.3 Å². The molecule has 8 heteroatoms. The number of nitrogens with zero attached hydrogens (tertiary/aromatic N) is 3. The molecule has 1 aromatic carbocycles. The highest BCUT2D eigenvalue weighted by Gasteiger charge is 2.18. The lowest BCUT2D eigenvalue weighted by Crippen LogP contribution is -2.08. The van der Waals surface area contributed by atoms with Crippen molar-refractivity contribution >= 4 is 22.5 Å². The minimum atomic E-state index is -0.632. The maximum Gasteiger partial charge on any atom is 0.305 e. The Morgan fingerprint density at radius 1 is 1.42 bits per heavy atom. The van der Waals surface area contributed by atoms with Crippen LogP contribution >= 0.6 is 0 Å². The summed E-state index contributed by atoms with van der Waals surface area (Å²) in [5.74, 6) is 1.68. The maximum atomic E-state index is 10.9. The van der Waals surface area contributed by atoms with Crippen LogP contribution in [0.2, 0.25) is 0 Å². The smallest absolute Gasteiger partial charge is 0.305 e. The molecule has 8 nitrogen and oxygen atoms in total. The van der Waals surface area contributed by atoms with Gasteiger partial charge in [0.1, 0.15) is 17.6 Å². The number of fused-ring (bicyclic) bond motifs is 1. The summed E-state index contributed by atoms with van der Waals surface area (Å²) < 4.78 is 11.5. The molecule has 0 spiro atoms. The molecule has 0 amide bonds. The van der Waals surface area contributed by atoms with Crippen molar-refractivity contribution in [3.63, 3.8) is 0 Å². The lowest BCUT2D eigenvalue weighted by atomic mass is 10.2. The van der Waals surface area contributed by atoms with Gasteiger partial charge in [0.2, 0.25) is 5.69 Å². The second-order valence-electron chi connectivity index (χ2n) is 5.56. The van der Waals surface area contributed by atoms with E-state index in [4.69, 9.17) is 14.4 Å². The van der Waals surface area contributed by atoms with Crippen molar-refractivity contribution in [3.05, 3.63) is 58.0 Å². The minimum Gasteiger partial charge on any atom is -0.490 e. The number of ether oxygens (including phenoxy) is 1. The standard InChI is InChI=1S/C18H16N4O4/c1-3-25-15-6-4-5-12-9-16(26-18(12)15)11(2)20-17-8-7-14(22(23)24)13(10-19)21-17/h4-9,11H,3H2,1-2H3,(H,20,21). The van der Waals surface area contributed by atoms with Crippen LogP contribution in [0.4, 0.5) is 11.5 Å². The van der Waals surface area contributed by atoms with Gasteiger partial charge in [0.15, 0.2) is 11.3 Å². The van der Waals surface area contributed by atoms with Gasteiger partial charge in [-0.15, -0.1) is 0 Å². The lowest BCUT2D eigenvalue weighted by molar-refractivity contribution is -0.385. The summed E-state index contributed by atoms with van der Waals surface area (Å²) in [5.41, 5.74) is 0.0959. The number of rotatable bonds is 6. The molecular weight excluding hydrogens is 336 g/mol. The number of nitriles is 1. The van der Waals surface area contributed by atoms with Gasteiger partial charge in [-0.05, 0) is 32.0 Å². The Bertz CT molecular complexity index is 1010. The normalized spacial score (nSPS) is 11.7. The molecule has 0 aliphatic rings. The van der Waals surface area contributed by atoms with Crippen LogP contribution in [0.3, 0.4) is 0 Å². The summed E-state index contributed by atoms with van der Waals surface area (Å²) in [6.07, 6.45) is 0. The first-order valence-electron chi connectivity index (χ1n) is 8.00. The minimum absolute atomic E-state index is 0.240. The van der Waals surface area contributed by atoms with E-state index >= 15 is 0 Å². The summed E-state index contributed by atoms with van der Waals surface area (Å²) in [4.78, 5) is 14.3. The molecule has 26 heavy (non-hydrogen) atoms. The van der Waals surface area contributed by atoms with Crippen molar-refractivity contribution in [2.24, 2.45) is 0 Å². The highest BCUT2D eigenvalue weighted by molar-refractivity contribution is 5.83. The van der Waals surface area contributed by atoms with Crippen molar-refractivity contribution in [1.82, 2.24) is 4.98 Å². The van der Waals surface area contributed by atoms with Crippen molar-refractivity contribution in [3.8, 4) is 11.8 Å². The number of nitrogens with one attached hydrogen (secondary N) is 1. The molecule has 1 N–H and O–H groups in total. The SMILES string of the molecule is CCOc1cccc2cc(C(C)Nc3ccc([N+](=O)[O-])c(C#N)n3)oc12. The lowest BCUT2D eigenvalue weighted by Gasteiger charge is -2.12. The largest absolute Gasteiger partial charge is 0.490 e. The fourth-order valence-corrected chi connectivity index (χ4v) is 2.59. The third-order valence-electron chi connectivity index (χ3n) is 3.79. The first-order valence-corrected chi connectivity index (χ1v) is 8.00. The molecule has 132 valence electrons. The Morgan fingerprint density at radius 2 is 2.23 bits per heavy atom. The van der Waals surface area contributed by atoms with E-state index in [0.29, 0.717) is 29.5 Å². The summed E-state index contributed by atoms with van der Waals surface area (Å²) in [5, 5.41) is 23.9. The molecule has 2 heterocycles. The zero-order valence-corrected chi connectivity index (χ0v) is 14.2. The van der Waals surface area contributed by atoms with E-state index in [1.54, 1.807) is 6.07 Å². The molecule has 0 aliphatic heterocycles. The quantitative estimate of drug-likeness (QED) is 0.523. The van der Waals surface area contributed by atoms with Crippen molar-refractivity contribution in [2.45, 2.75) is 19.9 Å². The molecule has 0 saturated carbocycles. The summed E-state index contributed by atoms with van der Waals surface area (Å²) in [6.45, 7) is 4.31. The zero-order chi connectivity index (χ0) is 18.7. The third-order valence-corrected chi connectivity index (χ3v) is 3.79. The van der Waals surface area contributed by atoms with Gasteiger partial charge in [0, 0.05) is 11.5 Å². The number of furan rings is 1. The summed E-state index contributed by atoms with van der Waals surface area (Å²) >= 11 is 0. The molecule has 3 aromatic rings. The van der Waals surface area contributed by atoms with E-state index in [-0.39, 0.29) is 17.4 Å². The van der Waals surface area contributed by atoms with Gasteiger partial charge in [-0.25, -0.2) is 4.98 Å². The second-order valence-corrected chi connectivity index (χ2v) is 5.56. The number of hydrogen-bond acceptors (Lipinski definition) is 7. The molecule has 1 unspecified atom stereocenters. The number of nitro groups is 1. The average Bonchev–Trinajstić information content (AvgIpc) is 3.07. The van der Waals surface area contributed by atoms with Crippen LogP contribution in [0.15, 0.2) is 40.8 Å². The maximum absolute atomic E-state index is 10.9. The predicted molar refractivity (Wildman–Crippen MR) is 95.0 cm³/mol. The van der Waals surface area contributed by atoms with E-state index in [9.17, 15) is 10.1 Å². The van der Waals surface area contributed by atoms with Crippen LogP contribution in [0.25, 0.3) is 11.0 Å². The van der Waals surface area contributed by atoms with Gasteiger partial charge in [-0.3, -0.25) is 10.1 Å². The van der Waals surface area contributed by atoms with Crippen molar-refractivity contribution in [1.29, 1.82) is 5.26 Å². The molecule has 0 bridgehead atoms. The summed E-state index contributed by atoms with van der Waals surface area (Å²) in [6, 6.07) is 11.7.